The van der Waals surface area contributed by atoms with Gasteiger partial charge in [-0.05, 0) is 18.6 Å². The molecule has 0 saturated heterocycles. The number of hydrogen-bond donors (Lipinski definition) is 0. The van der Waals surface area contributed by atoms with Crippen molar-refractivity contribution in [1.29, 1.82) is 0 Å². The summed E-state index contributed by atoms with van der Waals surface area (Å²) in [4.78, 5) is 1.43. The topological polar surface area (TPSA) is 0 Å². The normalized spacial score (nSPS) is 29.1. The molecule has 2 rings (SSSR count). The first-order valence-corrected chi connectivity index (χ1v) is 6.63. The maximum atomic E-state index is 2.33. The SMILES string of the molecule is C/C=C\C=C/C1(C)c2ccccc2SC1C. The second kappa shape index (κ2) is 4.50. The van der Waals surface area contributed by atoms with Crippen molar-refractivity contribution in [3.8, 4) is 0 Å². The van der Waals surface area contributed by atoms with Crippen LogP contribution in [-0.4, -0.2) is 5.25 Å². The van der Waals surface area contributed by atoms with Gasteiger partial charge in [-0.3, -0.25) is 0 Å². The molecule has 84 valence electrons. The van der Waals surface area contributed by atoms with Gasteiger partial charge in [0.05, 0.1) is 0 Å². The number of thioether (sulfide) groups is 1. The Hall–Kier alpha value is -0.950. The van der Waals surface area contributed by atoms with E-state index in [1.807, 2.05) is 18.7 Å². The van der Waals surface area contributed by atoms with Crippen LogP contribution >= 0.6 is 11.8 Å². The Labute approximate surface area is 102 Å². The summed E-state index contributed by atoms with van der Waals surface area (Å²) >= 11 is 1.98. The Balaban J connectivity index is 2.40. The summed E-state index contributed by atoms with van der Waals surface area (Å²) in [6.07, 6.45) is 8.66. The molecular weight excluding hydrogens is 212 g/mol. The lowest BCUT2D eigenvalue weighted by Crippen LogP contribution is -2.25. The van der Waals surface area contributed by atoms with E-state index in [1.165, 1.54) is 10.5 Å². The molecule has 0 radical (unpaired) electrons. The average Bonchev–Trinajstić information content (AvgIpc) is 2.53. The maximum absolute atomic E-state index is 2.33. The summed E-state index contributed by atoms with van der Waals surface area (Å²) in [6.45, 7) is 6.69. The first kappa shape index (κ1) is 11.5. The van der Waals surface area contributed by atoms with Gasteiger partial charge < -0.3 is 0 Å². The van der Waals surface area contributed by atoms with E-state index in [4.69, 9.17) is 0 Å². The van der Waals surface area contributed by atoms with Gasteiger partial charge in [-0.15, -0.1) is 11.8 Å². The third kappa shape index (κ3) is 1.84. The van der Waals surface area contributed by atoms with Gasteiger partial charge in [-0.1, -0.05) is 56.4 Å². The van der Waals surface area contributed by atoms with Crippen molar-refractivity contribution in [2.24, 2.45) is 0 Å². The van der Waals surface area contributed by atoms with E-state index in [-0.39, 0.29) is 5.41 Å². The predicted molar refractivity (Wildman–Crippen MR) is 73.1 cm³/mol. The van der Waals surface area contributed by atoms with Crippen molar-refractivity contribution in [1.82, 2.24) is 0 Å². The minimum Gasteiger partial charge on any atom is -0.121 e. The molecule has 1 aromatic carbocycles. The summed E-state index contributed by atoms with van der Waals surface area (Å²) in [5, 5.41) is 0.603. The first-order valence-electron chi connectivity index (χ1n) is 5.75. The first-order chi connectivity index (χ1) is 7.68. The van der Waals surface area contributed by atoms with Crippen LogP contribution in [0.1, 0.15) is 26.3 Å². The van der Waals surface area contributed by atoms with Crippen molar-refractivity contribution in [2.45, 2.75) is 36.3 Å². The Morgan fingerprint density at radius 3 is 2.75 bits per heavy atom. The molecule has 2 atom stereocenters. The summed E-state index contributed by atoms with van der Waals surface area (Å²) in [5.41, 5.74) is 1.63. The maximum Gasteiger partial charge on any atom is 0.0237 e. The third-order valence-corrected chi connectivity index (χ3v) is 4.81. The summed E-state index contributed by atoms with van der Waals surface area (Å²) in [6, 6.07) is 8.75. The van der Waals surface area contributed by atoms with Crippen molar-refractivity contribution >= 4 is 11.8 Å². The van der Waals surface area contributed by atoms with Gasteiger partial charge in [-0.25, -0.2) is 0 Å². The highest BCUT2D eigenvalue weighted by Gasteiger charge is 2.38. The fourth-order valence-corrected chi connectivity index (χ4v) is 3.54. The zero-order valence-electron chi connectivity index (χ0n) is 10.1. The smallest absolute Gasteiger partial charge is 0.0237 e. The zero-order valence-corrected chi connectivity index (χ0v) is 10.9. The highest BCUT2D eigenvalue weighted by atomic mass is 32.2. The predicted octanol–water partition coefficient (Wildman–Crippen LogP) is 4.57. The van der Waals surface area contributed by atoms with Gasteiger partial charge >= 0.3 is 0 Å². The van der Waals surface area contributed by atoms with E-state index in [1.54, 1.807) is 0 Å². The van der Waals surface area contributed by atoms with Gasteiger partial charge in [0, 0.05) is 15.6 Å². The zero-order chi connectivity index (χ0) is 11.6. The molecule has 1 aliphatic rings. The van der Waals surface area contributed by atoms with Crippen LogP contribution in [0.25, 0.3) is 0 Å². The Kier molecular flexibility index (Phi) is 3.25. The van der Waals surface area contributed by atoms with Gasteiger partial charge in [0.1, 0.15) is 0 Å². The Bertz CT molecular complexity index is 431. The Morgan fingerprint density at radius 2 is 2.00 bits per heavy atom. The lowest BCUT2D eigenvalue weighted by molar-refractivity contribution is 0.595. The second-order valence-corrected chi connectivity index (χ2v) is 5.81. The van der Waals surface area contributed by atoms with Crippen LogP contribution in [0, 0.1) is 0 Å². The van der Waals surface area contributed by atoms with Gasteiger partial charge in [0.2, 0.25) is 0 Å². The fourth-order valence-electron chi connectivity index (χ4n) is 2.14. The van der Waals surface area contributed by atoms with Gasteiger partial charge in [0.15, 0.2) is 0 Å². The van der Waals surface area contributed by atoms with Crippen LogP contribution in [0.5, 0.6) is 0 Å². The van der Waals surface area contributed by atoms with Crippen LogP contribution in [0.2, 0.25) is 0 Å². The van der Waals surface area contributed by atoms with Gasteiger partial charge in [-0.2, -0.15) is 0 Å². The monoisotopic (exact) mass is 230 g/mol. The average molecular weight is 230 g/mol. The van der Waals surface area contributed by atoms with Crippen LogP contribution in [0.3, 0.4) is 0 Å². The van der Waals surface area contributed by atoms with Crippen molar-refractivity contribution in [3.63, 3.8) is 0 Å². The molecule has 0 nitrogen and oxygen atoms in total. The number of rotatable bonds is 2. The van der Waals surface area contributed by atoms with Crippen LogP contribution in [0.4, 0.5) is 0 Å². The molecule has 0 bridgehead atoms. The quantitative estimate of drug-likeness (QED) is 0.671. The van der Waals surface area contributed by atoms with Crippen molar-refractivity contribution in [3.05, 3.63) is 54.1 Å². The molecule has 1 heterocycles. The molecule has 0 saturated carbocycles. The third-order valence-electron chi connectivity index (χ3n) is 3.36. The molecular formula is C15H18S. The summed E-state index contributed by atoms with van der Waals surface area (Å²) < 4.78 is 0. The van der Waals surface area contributed by atoms with E-state index in [0.29, 0.717) is 5.25 Å². The molecule has 0 aliphatic carbocycles. The molecule has 1 aromatic rings. The fraction of sp³-hybridized carbons (Fsp3) is 0.333. The summed E-state index contributed by atoms with van der Waals surface area (Å²) in [5.74, 6) is 0. The van der Waals surface area contributed by atoms with Crippen molar-refractivity contribution in [2.75, 3.05) is 0 Å². The van der Waals surface area contributed by atoms with E-state index >= 15 is 0 Å². The largest absolute Gasteiger partial charge is 0.121 e. The lowest BCUT2D eigenvalue weighted by Gasteiger charge is -2.25. The van der Waals surface area contributed by atoms with Crippen molar-refractivity contribution < 1.29 is 0 Å². The van der Waals surface area contributed by atoms with E-state index < -0.39 is 0 Å². The minimum absolute atomic E-state index is 0.167. The van der Waals surface area contributed by atoms with Crippen LogP contribution in [-0.2, 0) is 5.41 Å². The van der Waals surface area contributed by atoms with E-state index in [9.17, 15) is 0 Å². The van der Waals surface area contributed by atoms with Crippen LogP contribution < -0.4 is 0 Å². The molecule has 1 heteroatoms. The molecule has 1 aliphatic heterocycles. The highest BCUT2D eigenvalue weighted by Crippen LogP contribution is 2.49. The molecule has 0 N–H and O–H groups in total. The molecule has 2 unspecified atom stereocenters. The molecule has 0 spiro atoms. The van der Waals surface area contributed by atoms with E-state index in [0.717, 1.165) is 0 Å². The minimum atomic E-state index is 0.167. The van der Waals surface area contributed by atoms with Crippen LogP contribution in [0.15, 0.2) is 53.5 Å². The van der Waals surface area contributed by atoms with Gasteiger partial charge in [0.25, 0.3) is 0 Å². The second-order valence-electron chi connectivity index (χ2n) is 4.42. The number of hydrogen-bond acceptors (Lipinski definition) is 1. The molecule has 0 amide bonds. The number of fused-ring (bicyclic) bond motifs is 1. The summed E-state index contributed by atoms with van der Waals surface area (Å²) in [7, 11) is 0. The Morgan fingerprint density at radius 1 is 1.25 bits per heavy atom. The molecule has 16 heavy (non-hydrogen) atoms. The molecule has 0 aromatic heterocycles. The standard InChI is InChI=1S/C15H18S/c1-4-5-8-11-15(3)12(2)16-14-10-7-6-9-13(14)15/h4-12H,1-3H3/b5-4-,11-8-. The van der Waals surface area contributed by atoms with E-state index in [2.05, 4.69) is 62.4 Å². The number of benzene rings is 1. The lowest BCUT2D eigenvalue weighted by atomic mass is 9.80. The highest BCUT2D eigenvalue weighted by molar-refractivity contribution is 8.00. The molecule has 0 fully saturated rings. The number of allylic oxidation sites excluding steroid dienone is 4.